The van der Waals surface area contributed by atoms with Crippen molar-refractivity contribution >= 4 is 31.9 Å². The van der Waals surface area contributed by atoms with Gasteiger partial charge in [-0.25, -0.2) is 0 Å². The molecule has 0 bridgehead atoms. The molecule has 1 unspecified atom stereocenters. The fourth-order valence-electron chi connectivity index (χ4n) is 3.70. The maximum absolute atomic E-state index is 4.31. The third-order valence-corrected chi connectivity index (χ3v) is 9.15. The van der Waals surface area contributed by atoms with E-state index in [1.54, 1.807) is 0 Å². The highest BCUT2D eigenvalue weighted by Crippen LogP contribution is 2.51. The first-order valence-corrected chi connectivity index (χ1v) is 12.5. The molecule has 0 saturated heterocycles. The van der Waals surface area contributed by atoms with Crippen molar-refractivity contribution in [2.75, 3.05) is 0 Å². The van der Waals surface area contributed by atoms with Crippen LogP contribution in [0.2, 0.25) is 0 Å². The van der Waals surface area contributed by atoms with Gasteiger partial charge in [-0.05, 0) is 25.7 Å². The molecule has 0 aliphatic rings. The molecule has 0 nitrogen and oxygen atoms in total. The Morgan fingerprint density at radius 1 is 0.417 bits per heavy atom. The van der Waals surface area contributed by atoms with E-state index in [1.165, 1.54) is 103 Å². The maximum Gasteiger partial charge on any atom is 0.0410 e. The molecular weight excluding hydrogens is 424 g/mol. The van der Waals surface area contributed by atoms with Crippen LogP contribution in [0.4, 0.5) is 0 Å². The van der Waals surface area contributed by atoms with Crippen LogP contribution < -0.4 is 0 Å². The van der Waals surface area contributed by atoms with Crippen LogP contribution in [0.5, 0.6) is 0 Å². The fraction of sp³-hybridized carbons (Fsp3) is 1.00. The van der Waals surface area contributed by atoms with Gasteiger partial charge in [0.25, 0.3) is 0 Å². The molecule has 24 heavy (non-hydrogen) atoms. The standard InChI is InChI=1S/C22H44Br2/c1-5-9-13-14-15-16-20-22(24,19-12-8-4)21(23,17-10-6-2)18-11-7-3/h5-20H2,1-4H3. The molecule has 0 saturated carbocycles. The summed E-state index contributed by atoms with van der Waals surface area (Å²) in [5.74, 6) is 0. The van der Waals surface area contributed by atoms with Crippen molar-refractivity contribution in [3.05, 3.63) is 0 Å². The van der Waals surface area contributed by atoms with Crippen molar-refractivity contribution in [3.8, 4) is 0 Å². The van der Waals surface area contributed by atoms with Crippen molar-refractivity contribution in [3.63, 3.8) is 0 Å². The number of unbranched alkanes of at least 4 members (excludes halogenated alkanes) is 8. The summed E-state index contributed by atoms with van der Waals surface area (Å²) in [4.78, 5) is 0. The topological polar surface area (TPSA) is 0 Å². The summed E-state index contributed by atoms with van der Waals surface area (Å²) in [5.41, 5.74) is 0. The Labute approximate surface area is 170 Å². The predicted octanol–water partition coefficient (Wildman–Crippen LogP) is 9.57. The minimum atomic E-state index is 0.282. The van der Waals surface area contributed by atoms with Crippen LogP contribution in [-0.4, -0.2) is 8.65 Å². The van der Waals surface area contributed by atoms with E-state index in [4.69, 9.17) is 0 Å². The lowest BCUT2D eigenvalue weighted by Crippen LogP contribution is -2.45. The molecule has 0 radical (unpaired) electrons. The number of hydrogen-bond acceptors (Lipinski definition) is 0. The van der Waals surface area contributed by atoms with Crippen LogP contribution in [-0.2, 0) is 0 Å². The van der Waals surface area contributed by atoms with Crippen LogP contribution in [0.1, 0.15) is 130 Å². The predicted molar refractivity (Wildman–Crippen MR) is 120 cm³/mol. The van der Waals surface area contributed by atoms with E-state index < -0.39 is 0 Å². The van der Waals surface area contributed by atoms with Crippen LogP contribution in [0.15, 0.2) is 0 Å². The van der Waals surface area contributed by atoms with Crippen molar-refractivity contribution in [2.45, 2.75) is 139 Å². The van der Waals surface area contributed by atoms with Crippen LogP contribution >= 0.6 is 31.9 Å². The Morgan fingerprint density at radius 3 is 1.08 bits per heavy atom. The highest BCUT2D eigenvalue weighted by atomic mass is 79.9. The van der Waals surface area contributed by atoms with Gasteiger partial charge < -0.3 is 0 Å². The third-order valence-electron chi connectivity index (χ3n) is 5.51. The van der Waals surface area contributed by atoms with E-state index in [2.05, 4.69) is 59.6 Å². The lowest BCUT2D eigenvalue weighted by atomic mass is 9.78. The SMILES string of the molecule is CCCCCCCCC(Br)(CCCC)C(Br)(CCCC)CCCC. The second kappa shape index (κ2) is 15.1. The van der Waals surface area contributed by atoms with Gasteiger partial charge in [0.15, 0.2) is 0 Å². The van der Waals surface area contributed by atoms with Gasteiger partial charge in [-0.3, -0.25) is 0 Å². The molecule has 0 aromatic rings. The number of rotatable bonds is 17. The second-order valence-electron chi connectivity index (χ2n) is 7.76. The molecule has 146 valence electrons. The molecule has 0 aromatic carbocycles. The Hall–Kier alpha value is 0.960. The molecule has 0 aromatic heterocycles. The van der Waals surface area contributed by atoms with Crippen LogP contribution in [0.25, 0.3) is 0 Å². The quantitative estimate of drug-likeness (QED) is 0.147. The van der Waals surface area contributed by atoms with E-state index in [0.717, 1.165) is 0 Å². The average molecular weight is 468 g/mol. The Kier molecular flexibility index (Phi) is 15.7. The molecule has 0 N–H and O–H groups in total. The Bertz CT molecular complexity index is 269. The van der Waals surface area contributed by atoms with Gasteiger partial charge in [0, 0.05) is 8.65 Å². The first kappa shape index (κ1) is 25.0. The maximum atomic E-state index is 4.31. The summed E-state index contributed by atoms with van der Waals surface area (Å²) >= 11 is 8.59. The van der Waals surface area contributed by atoms with E-state index in [9.17, 15) is 0 Å². The number of hydrogen-bond donors (Lipinski definition) is 0. The minimum Gasteiger partial charge on any atom is -0.0838 e. The van der Waals surface area contributed by atoms with Crippen molar-refractivity contribution in [1.29, 1.82) is 0 Å². The fourth-order valence-corrected chi connectivity index (χ4v) is 5.62. The highest BCUT2D eigenvalue weighted by Gasteiger charge is 2.45. The number of alkyl halides is 2. The summed E-state index contributed by atoms with van der Waals surface area (Å²) in [7, 11) is 0. The molecule has 0 spiro atoms. The third kappa shape index (κ3) is 9.60. The van der Waals surface area contributed by atoms with E-state index in [-0.39, 0.29) is 8.65 Å². The van der Waals surface area contributed by atoms with Crippen LogP contribution in [0, 0.1) is 0 Å². The lowest BCUT2D eigenvalue weighted by Gasteiger charge is -2.45. The lowest BCUT2D eigenvalue weighted by molar-refractivity contribution is 0.324. The summed E-state index contributed by atoms with van der Waals surface area (Å²) in [6, 6.07) is 0. The van der Waals surface area contributed by atoms with Gasteiger partial charge in [0.1, 0.15) is 0 Å². The highest BCUT2D eigenvalue weighted by molar-refractivity contribution is 9.13. The molecule has 2 heteroatoms. The average Bonchev–Trinajstić information content (AvgIpc) is 2.59. The van der Waals surface area contributed by atoms with Gasteiger partial charge in [-0.15, -0.1) is 0 Å². The largest absolute Gasteiger partial charge is 0.0838 e. The normalized spacial score (nSPS) is 14.8. The molecule has 0 aliphatic carbocycles. The van der Waals surface area contributed by atoms with E-state index >= 15 is 0 Å². The van der Waals surface area contributed by atoms with E-state index in [0.29, 0.717) is 0 Å². The van der Waals surface area contributed by atoms with Gasteiger partial charge in [-0.1, -0.05) is 137 Å². The molecule has 0 aliphatic heterocycles. The summed E-state index contributed by atoms with van der Waals surface area (Å²) in [6.07, 6.45) is 21.6. The van der Waals surface area contributed by atoms with Crippen molar-refractivity contribution < 1.29 is 0 Å². The van der Waals surface area contributed by atoms with Crippen molar-refractivity contribution in [1.82, 2.24) is 0 Å². The molecule has 1 atom stereocenters. The summed E-state index contributed by atoms with van der Waals surface area (Å²) < 4.78 is 0.565. The van der Waals surface area contributed by atoms with Gasteiger partial charge in [0.05, 0.1) is 0 Å². The first-order valence-electron chi connectivity index (χ1n) is 10.9. The van der Waals surface area contributed by atoms with Gasteiger partial charge in [-0.2, -0.15) is 0 Å². The Morgan fingerprint density at radius 2 is 0.708 bits per heavy atom. The number of halogens is 2. The Balaban J connectivity index is 4.82. The molecule has 0 fully saturated rings. The van der Waals surface area contributed by atoms with Crippen molar-refractivity contribution in [2.24, 2.45) is 0 Å². The molecule has 0 amide bonds. The smallest absolute Gasteiger partial charge is 0.0410 e. The minimum absolute atomic E-state index is 0.282. The summed E-state index contributed by atoms with van der Waals surface area (Å²) in [6.45, 7) is 9.27. The van der Waals surface area contributed by atoms with Gasteiger partial charge >= 0.3 is 0 Å². The van der Waals surface area contributed by atoms with Gasteiger partial charge in [0.2, 0.25) is 0 Å². The zero-order valence-electron chi connectivity index (χ0n) is 17.1. The zero-order valence-corrected chi connectivity index (χ0v) is 20.2. The van der Waals surface area contributed by atoms with Crippen LogP contribution in [0.3, 0.4) is 0 Å². The molecule has 0 rings (SSSR count). The van der Waals surface area contributed by atoms with E-state index in [1.807, 2.05) is 0 Å². The monoisotopic (exact) mass is 466 g/mol. The summed E-state index contributed by atoms with van der Waals surface area (Å²) in [5, 5.41) is 0. The first-order chi connectivity index (χ1) is 11.5. The zero-order chi connectivity index (χ0) is 18.3. The molecule has 0 heterocycles. The molecular formula is C22H44Br2. The second-order valence-corrected chi connectivity index (χ2v) is 10.8.